The summed E-state index contributed by atoms with van der Waals surface area (Å²) in [6.07, 6.45) is -3.33. The van der Waals surface area contributed by atoms with Gasteiger partial charge in [0.2, 0.25) is 17.7 Å². The topological polar surface area (TPSA) is 88.2 Å². The maximum absolute atomic E-state index is 12.8. The SMILES string of the molecule is C/C(=C\C(=O)Nc1ccc(C(F)(F)F)c(Cl)c1)c1ccc(-c2nnc(CO)o2)cc1Cl. The summed E-state index contributed by atoms with van der Waals surface area (Å²) in [5.74, 6) is -0.333. The standard InChI is InChI=1S/C20H14Cl2F3N3O3/c1-10(6-17(30)26-12-3-5-14(16(22)8-12)20(23,24)25)13-4-2-11(7-15(13)21)19-28-27-18(9-29)31-19/h2-8,29H,9H2,1H3,(H,26,30)/b10-6+. The number of allylic oxidation sites excluding steroid dienone is 1. The molecule has 1 heterocycles. The highest BCUT2D eigenvalue weighted by molar-refractivity contribution is 6.33. The van der Waals surface area contributed by atoms with E-state index in [0.29, 0.717) is 21.7 Å². The minimum atomic E-state index is -4.58. The predicted octanol–water partition coefficient (Wildman–Crippen LogP) is 5.60. The summed E-state index contributed by atoms with van der Waals surface area (Å²) < 4.78 is 43.6. The van der Waals surface area contributed by atoms with Crippen molar-refractivity contribution in [1.82, 2.24) is 10.2 Å². The van der Waals surface area contributed by atoms with E-state index in [4.69, 9.17) is 32.7 Å². The number of anilines is 1. The molecule has 0 aliphatic carbocycles. The fourth-order valence-corrected chi connectivity index (χ4v) is 3.29. The highest BCUT2D eigenvalue weighted by atomic mass is 35.5. The first-order chi connectivity index (χ1) is 14.6. The molecule has 3 aromatic rings. The molecule has 0 fully saturated rings. The van der Waals surface area contributed by atoms with Crippen molar-refractivity contribution >= 4 is 40.4 Å². The van der Waals surface area contributed by atoms with E-state index < -0.39 is 22.7 Å². The van der Waals surface area contributed by atoms with Gasteiger partial charge in [-0.3, -0.25) is 4.79 Å². The number of hydrogen-bond acceptors (Lipinski definition) is 5. The predicted molar refractivity (Wildman–Crippen MR) is 109 cm³/mol. The van der Waals surface area contributed by atoms with Gasteiger partial charge in [0.1, 0.15) is 6.61 Å². The van der Waals surface area contributed by atoms with Gasteiger partial charge < -0.3 is 14.8 Å². The molecule has 0 spiro atoms. The van der Waals surface area contributed by atoms with Crippen molar-refractivity contribution in [2.45, 2.75) is 19.7 Å². The second kappa shape index (κ2) is 9.09. The van der Waals surface area contributed by atoms with E-state index in [1.165, 1.54) is 6.08 Å². The van der Waals surface area contributed by atoms with E-state index in [-0.39, 0.29) is 24.1 Å². The number of nitrogens with zero attached hydrogens (tertiary/aromatic N) is 2. The average Bonchev–Trinajstić information content (AvgIpc) is 3.16. The molecular weight excluding hydrogens is 458 g/mol. The number of nitrogens with one attached hydrogen (secondary N) is 1. The molecule has 11 heteroatoms. The highest BCUT2D eigenvalue weighted by Crippen LogP contribution is 2.36. The van der Waals surface area contributed by atoms with Crippen molar-refractivity contribution in [1.29, 1.82) is 0 Å². The van der Waals surface area contributed by atoms with Gasteiger partial charge in [0, 0.05) is 22.3 Å². The Labute approximate surface area is 184 Å². The van der Waals surface area contributed by atoms with Crippen LogP contribution in [-0.4, -0.2) is 21.2 Å². The molecule has 31 heavy (non-hydrogen) atoms. The lowest BCUT2D eigenvalue weighted by atomic mass is 10.0. The van der Waals surface area contributed by atoms with Crippen molar-refractivity contribution in [2.75, 3.05) is 5.32 Å². The van der Waals surface area contributed by atoms with Gasteiger partial charge in [-0.05, 0) is 48.4 Å². The molecule has 162 valence electrons. The van der Waals surface area contributed by atoms with Crippen LogP contribution in [0.2, 0.25) is 10.0 Å². The fourth-order valence-electron chi connectivity index (χ4n) is 2.68. The summed E-state index contributed by atoms with van der Waals surface area (Å²) in [6, 6.07) is 7.80. The minimum absolute atomic E-state index is 0.0614. The Bertz CT molecular complexity index is 1160. The summed E-state index contributed by atoms with van der Waals surface area (Å²) >= 11 is 12.0. The zero-order chi connectivity index (χ0) is 22.8. The van der Waals surface area contributed by atoms with E-state index >= 15 is 0 Å². The number of halogens is 5. The van der Waals surface area contributed by atoms with Gasteiger partial charge in [-0.25, -0.2) is 0 Å². The number of hydrogen-bond donors (Lipinski definition) is 2. The Hall–Kier alpha value is -2.88. The fraction of sp³-hybridized carbons (Fsp3) is 0.150. The van der Waals surface area contributed by atoms with E-state index in [9.17, 15) is 18.0 Å². The summed E-state index contributed by atoms with van der Waals surface area (Å²) in [6.45, 7) is 1.26. The number of rotatable bonds is 5. The molecule has 0 saturated heterocycles. The van der Waals surface area contributed by atoms with Crippen LogP contribution in [0.4, 0.5) is 18.9 Å². The first-order valence-corrected chi connectivity index (χ1v) is 9.43. The molecular formula is C20H14Cl2F3N3O3. The van der Waals surface area contributed by atoms with E-state index in [1.807, 2.05) is 0 Å². The zero-order valence-corrected chi connectivity index (χ0v) is 17.3. The molecule has 0 aliphatic heterocycles. The Morgan fingerprint density at radius 3 is 2.48 bits per heavy atom. The van der Waals surface area contributed by atoms with E-state index in [2.05, 4.69) is 15.5 Å². The van der Waals surface area contributed by atoms with Gasteiger partial charge in [0.05, 0.1) is 10.6 Å². The van der Waals surface area contributed by atoms with Crippen molar-refractivity contribution in [3.63, 3.8) is 0 Å². The summed E-state index contributed by atoms with van der Waals surface area (Å²) in [5.41, 5.74) is 0.710. The van der Waals surface area contributed by atoms with Crippen LogP contribution in [0, 0.1) is 0 Å². The normalized spacial score (nSPS) is 12.2. The van der Waals surface area contributed by atoms with Gasteiger partial charge in [-0.2, -0.15) is 13.2 Å². The number of aliphatic hydroxyl groups excluding tert-OH is 1. The average molecular weight is 472 g/mol. The molecule has 0 atom stereocenters. The second-order valence-corrected chi connectivity index (χ2v) is 7.18. The third-order valence-electron chi connectivity index (χ3n) is 4.13. The van der Waals surface area contributed by atoms with Crippen LogP contribution in [-0.2, 0) is 17.6 Å². The number of amides is 1. The van der Waals surface area contributed by atoms with Crippen molar-refractivity contribution < 1.29 is 27.5 Å². The highest BCUT2D eigenvalue weighted by Gasteiger charge is 2.33. The third kappa shape index (κ3) is 5.43. The molecule has 0 radical (unpaired) electrons. The quantitative estimate of drug-likeness (QED) is 0.473. The lowest BCUT2D eigenvalue weighted by Crippen LogP contribution is -2.10. The number of aromatic nitrogens is 2. The number of benzene rings is 2. The summed E-state index contributed by atoms with van der Waals surface area (Å²) in [7, 11) is 0. The Balaban J connectivity index is 1.76. The van der Waals surface area contributed by atoms with Gasteiger partial charge >= 0.3 is 6.18 Å². The van der Waals surface area contributed by atoms with Crippen LogP contribution >= 0.6 is 23.2 Å². The first kappa shape index (κ1) is 22.8. The van der Waals surface area contributed by atoms with Gasteiger partial charge in [-0.1, -0.05) is 29.3 Å². The number of carbonyl (C=O) groups is 1. The number of aliphatic hydroxyl groups is 1. The van der Waals surface area contributed by atoms with Crippen LogP contribution in [0.1, 0.15) is 23.9 Å². The molecule has 2 N–H and O–H groups in total. The first-order valence-electron chi connectivity index (χ1n) is 8.68. The van der Waals surface area contributed by atoms with Crippen molar-refractivity contribution in [3.8, 4) is 11.5 Å². The molecule has 3 rings (SSSR count). The lowest BCUT2D eigenvalue weighted by Gasteiger charge is -2.11. The van der Waals surface area contributed by atoms with E-state index in [1.54, 1.807) is 25.1 Å². The van der Waals surface area contributed by atoms with Crippen LogP contribution < -0.4 is 5.32 Å². The molecule has 6 nitrogen and oxygen atoms in total. The number of carbonyl (C=O) groups excluding carboxylic acids is 1. The molecule has 0 unspecified atom stereocenters. The molecule has 0 saturated carbocycles. The zero-order valence-electron chi connectivity index (χ0n) is 15.8. The monoisotopic (exact) mass is 471 g/mol. The van der Waals surface area contributed by atoms with Crippen molar-refractivity contribution in [2.24, 2.45) is 0 Å². The Kier molecular flexibility index (Phi) is 6.68. The largest absolute Gasteiger partial charge is 0.418 e. The Morgan fingerprint density at radius 2 is 1.90 bits per heavy atom. The maximum atomic E-state index is 12.8. The van der Waals surface area contributed by atoms with Crippen LogP contribution in [0.5, 0.6) is 0 Å². The van der Waals surface area contributed by atoms with E-state index in [0.717, 1.165) is 18.2 Å². The maximum Gasteiger partial charge on any atom is 0.417 e. The third-order valence-corrected chi connectivity index (χ3v) is 4.76. The molecule has 1 amide bonds. The van der Waals surface area contributed by atoms with Gasteiger partial charge in [-0.15, -0.1) is 10.2 Å². The lowest BCUT2D eigenvalue weighted by molar-refractivity contribution is -0.137. The molecule has 0 bridgehead atoms. The Morgan fingerprint density at radius 1 is 1.16 bits per heavy atom. The van der Waals surface area contributed by atoms with Crippen LogP contribution in [0.15, 0.2) is 46.9 Å². The van der Waals surface area contributed by atoms with Crippen molar-refractivity contribution in [3.05, 3.63) is 69.5 Å². The van der Waals surface area contributed by atoms with Gasteiger partial charge in [0.15, 0.2) is 0 Å². The van der Waals surface area contributed by atoms with Crippen LogP contribution in [0.3, 0.4) is 0 Å². The minimum Gasteiger partial charge on any atom is -0.418 e. The molecule has 0 aliphatic rings. The summed E-state index contributed by atoms with van der Waals surface area (Å²) in [4.78, 5) is 12.3. The molecule has 2 aromatic carbocycles. The second-order valence-electron chi connectivity index (χ2n) is 6.36. The summed E-state index contributed by atoms with van der Waals surface area (Å²) in [5, 5.41) is 18.7. The smallest absolute Gasteiger partial charge is 0.417 e. The van der Waals surface area contributed by atoms with Gasteiger partial charge in [0.25, 0.3) is 0 Å². The van der Waals surface area contributed by atoms with Crippen LogP contribution in [0.25, 0.3) is 17.0 Å². The number of alkyl halides is 3. The molecule has 1 aromatic heterocycles.